The summed E-state index contributed by atoms with van der Waals surface area (Å²) in [4.78, 5) is 23.2. The van der Waals surface area contributed by atoms with Crippen molar-refractivity contribution in [1.29, 1.82) is 0 Å². The molecule has 23 heavy (non-hydrogen) atoms. The zero-order valence-corrected chi connectivity index (χ0v) is 11.2. The van der Waals surface area contributed by atoms with E-state index in [0.29, 0.717) is 17.0 Å². The first-order valence-corrected chi connectivity index (χ1v) is 6.22. The molecule has 1 aromatic carbocycles. The standard InChI is InChI=1S/C13H9F6NO3/c14-12(15,16)7-2-8(13(17,18)19)4-9(3-7)20-5-6(11(22)23)1-10(20)21/h2-4,6H,1,5H2,(H,22,23). The number of benzene rings is 1. The number of anilines is 1. The number of rotatable bonds is 2. The van der Waals surface area contributed by atoms with E-state index in [4.69, 9.17) is 5.11 Å². The smallest absolute Gasteiger partial charge is 0.416 e. The van der Waals surface area contributed by atoms with E-state index in [1.165, 1.54) is 0 Å². The highest BCUT2D eigenvalue weighted by atomic mass is 19.4. The van der Waals surface area contributed by atoms with Gasteiger partial charge in [0.2, 0.25) is 5.91 Å². The topological polar surface area (TPSA) is 57.6 Å². The lowest BCUT2D eigenvalue weighted by Gasteiger charge is -2.20. The van der Waals surface area contributed by atoms with Gasteiger partial charge in [-0.05, 0) is 18.2 Å². The SMILES string of the molecule is O=C(O)C1CC(=O)N(c2cc(C(F)(F)F)cc(C(F)(F)F)c2)C1. The molecule has 1 N–H and O–H groups in total. The first kappa shape index (κ1) is 17.1. The lowest BCUT2D eigenvalue weighted by Crippen LogP contribution is -2.26. The summed E-state index contributed by atoms with van der Waals surface area (Å²) in [6.07, 6.45) is -10.6. The number of carboxylic acids is 1. The van der Waals surface area contributed by atoms with Crippen molar-refractivity contribution in [3.63, 3.8) is 0 Å². The Balaban J connectivity index is 2.50. The van der Waals surface area contributed by atoms with Crippen molar-refractivity contribution in [2.24, 2.45) is 5.92 Å². The number of alkyl halides is 6. The molecule has 1 unspecified atom stereocenters. The molecular weight excluding hydrogens is 332 g/mol. The summed E-state index contributed by atoms with van der Waals surface area (Å²) in [6.45, 7) is -0.479. The van der Waals surface area contributed by atoms with Crippen LogP contribution in [0.3, 0.4) is 0 Å². The van der Waals surface area contributed by atoms with Crippen LogP contribution in [-0.2, 0) is 21.9 Å². The molecule has 0 saturated carbocycles. The van der Waals surface area contributed by atoms with E-state index in [1.54, 1.807) is 0 Å². The number of halogens is 6. The number of hydrogen-bond acceptors (Lipinski definition) is 2. The molecule has 1 amide bonds. The minimum Gasteiger partial charge on any atom is -0.481 e. The fourth-order valence-corrected chi connectivity index (χ4v) is 2.22. The van der Waals surface area contributed by atoms with Crippen LogP contribution in [0.2, 0.25) is 0 Å². The van der Waals surface area contributed by atoms with Crippen LogP contribution in [0, 0.1) is 5.92 Å². The Kier molecular flexibility index (Phi) is 4.03. The summed E-state index contributed by atoms with van der Waals surface area (Å²) >= 11 is 0. The molecule has 0 bridgehead atoms. The van der Waals surface area contributed by atoms with Gasteiger partial charge in [0.1, 0.15) is 0 Å². The minimum atomic E-state index is -5.04. The van der Waals surface area contributed by atoms with Crippen molar-refractivity contribution in [1.82, 2.24) is 0 Å². The molecule has 1 atom stereocenters. The van der Waals surface area contributed by atoms with Gasteiger partial charge >= 0.3 is 18.3 Å². The maximum Gasteiger partial charge on any atom is 0.416 e. The van der Waals surface area contributed by atoms with E-state index in [-0.39, 0.29) is 6.07 Å². The van der Waals surface area contributed by atoms with E-state index in [0.717, 1.165) is 0 Å². The number of carbonyl (C=O) groups is 2. The molecule has 2 rings (SSSR count). The Labute approximate surface area is 125 Å². The molecule has 1 aliphatic rings. The molecule has 0 radical (unpaired) electrons. The summed E-state index contributed by atoms with van der Waals surface area (Å²) in [5.41, 5.74) is -3.75. The first-order chi connectivity index (χ1) is 10.4. The van der Waals surface area contributed by atoms with Gasteiger partial charge in [-0.3, -0.25) is 9.59 Å². The molecule has 1 aromatic rings. The normalized spacial score (nSPS) is 19.3. The number of amides is 1. The quantitative estimate of drug-likeness (QED) is 0.841. The van der Waals surface area contributed by atoms with Crippen molar-refractivity contribution in [2.45, 2.75) is 18.8 Å². The fourth-order valence-electron chi connectivity index (χ4n) is 2.22. The fraction of sp³-hybridized carbons (Fsp3) is 0.385. The third-order valence-corrected chi connectivity index (χ3v) is 3.36. The molecular formula is C13H9F6NO3. The van der Waals surface area contributed by atoms with Gasteiger partial charge in [-0.2, -0.15) is 26.3 Å². The number of carbonyl (C=O) groups excluding carboxylic acids is 1. The van der Waals surface area contributed by atoms with Gasteiger partial charge in [0, 0.05) is 18.7 Å². The van der Waals surface area contributed by atoms with E-state index >= 15 is 0 Å². The molecule has 1 fully saturated rings. The minimum absolute atomic E-state index is 0.0568. The lowest BCUT2D eigenvalue weighted by molar-refractivity contribution is -0.143. The summed E-state index contributed by atoms with van der Waals surface area (Å²) in [7, 11) is 0. The van der Waals surface area contributed by atoms with Crippen LogP contribution < -0.4 is 4.90 Å². The Hall–Kier alpha value is -2.26. The second kappa shape index (κ2) is 5.43. The highest BCUT2D eigenvalue weighted by Gasteiger charge is 2.40. The highest BCUT2D eigenvalue weighted by molar-refractivity contribution is 5.99. The Morgan fingerprint density at radius 2 is 1.52 bits per heavy atom. The number of nitrogens with zero attached hydrogens (tertiary/aromatic N) is 1. The predicted molar refractivity (Wildman–Crippen MR) is 64.5 cm³/mol. The summed E-state index contributed by atoms with van der Waals surface area (Å²) < 4.78 is 76.6. The second-order valence-electron chi connectivity index (χ2n) is 5.01. The lowest BCUT2D eigenvalue weighted by atomic mass is 10.1. The maximum atomic E-state index is 12.8. The third-order valence-electron chi connectivity index (χ3n) is 3.36. The molecule has 4 nitrogen and oxygen atoms in total. The van der Waals surface area contributed by atoms with Crippen molar-refractivity contribution in [3.05, 3.63) is 29.3 Å². The first-order valence-electron chi connectivity index (χ1n) is 6.22. The molecule has 10 heteroatoms. The molecule has 1 heterocycles. The van der Waals surface area contributed by atoms with Crippen molar-refractivity contribution in [3.8, 4) is 0 Å². The van der Waals surface area contributed by atoms with E-state index in [1.807, 2.05) is 0 Å². The third kappa shape index (κ3) is 3.57. The van der Waals surface area contributed by atoms with Crippen LogP contribution in [0.25, 0.3) is 0 Å². The van der Waals surface area contributed by atoms with Gasteiger partial charge in [0.15, 0.2) is 0 Å². The molecule has 0 spiro atoms. The van der Waals surface area contributed by atoms with Crippen LogP contribution >= 0.6 is 0 Å². The molecule has 0 aromatic heterocycles. The number of hydrogen-bond donors (Lipinski definition) is 1. The number of aliphatic carboxylic acids is 1. The van der Waals surface area contributed by atoms with Crippen LogP contribution in [0.1, 0.15) is 17.5 Å². The Morgan fingerprint density at radius 1 is 1.04 bits per heavy atom. The summed E-state index contributed by atoms with van der Waals surface area (Å²) in [5, 5.41) is 8.82. The second-order valence-corrected chi connectivity index (χ2v) is 5.01. The Morgan fingerprint density at radius 3 is 1.87 bits per heavy atom. The van der Waals surface area contributed by atoms with Crippen LogP contribution in [0.15, 0.2) is 18.2 Å². The van der Waals surface area contributed by atoms with Gasteiger partial charge in [-0.15, -0.1) is 0 Å². The maximum absolute atomic E-state index is 12.8. The van der Waals surface area contributed by atoms with Crippen LogP contribution in [0.4, 0.5) is 32.0 Å². The van der Waals surface area contributed by atoms with E-state index in [2.05, 4.69) is 0 Å². The molecule has 0 aliphatic carbocycles. The Bertz CT molecular complexity index is 620. The van der Waals surface area contributed by atoms with E-state index in [9.17, 15) is 35.9 Å². The van der Waals surface area contributed by atoms with Crippen molar-refractivity contribution >= 4 is 17.6 Å². The molecule has 126 valence electrons. The van der Waals surface area contributed by atoms with Gasteiger partial charge in [-0.1, -0.05) is 0 Å². The zero-order valence-electron chi connectivity index (χ0n) is 11.2. The van der Waals surface area contributed by atoms with Gasteiger partial charge in [0.05, 0.1) is 17.0 Å². The zero-order chi connectivity index (χ0) is 17.6. The van der Waals surface area contributed by atoms with Gasteiger partial charge in [-0.25, -0.2) is 0 Å². The number of carboxylic acid groups (broad SMARTS) is 1. The summed E-state index contributed by atoms with van der Waals surface area (Å²) in [6, 6.07) is 0.744. The van der Waals surface area contributed by atoms with Crippen LogP contribution in [-0.4, -0.2) is 23.5 Å². The van der Waals surface area contributed by atoms with Gasteiger partial charge in [0.25, 0.3) is 0 Å². The van der Waals surface area contributed by atoms with E-state index < -0.39 is 59.9 Å². The highest BCUT2D eigenvalue weighted by Crippen LogP contribution is 2.39. The predicted octanol–water partition coefficient (Wildman–Crippen LogP) is 3.16. The van der Waals surface area contributed by atoms with Gasteiger partial charge < -0.3 is 10.0 Å². The monoisotopic (exact) mass is 341 g/mol. The molecule has 1 saturated heterocycles. The van der Waals surface area contributed by atoms with Crippen molar-refractivity contribution in [2.75, 3.05) is 11.4 Å². The average Bonchev–Trinajstić information content (AvgIpc) is 2.78. The molecule has 1 aliphatic heterocycles. The largest absolute Gasteiger partial charge is 0.481 e. The average molecular weight is 341 g/mol. The summed E-state index contributed by atoms with van der Waals surface area (Å²) in [5.74, 6) is -3.36. The van der Waals surface area contributed by atoms with Crippen molar-refractivity contribution < 1.29 is 41.0 Å². The van der Waals surface area contributed by atoms with Crippen LogP contribution in [0.5, 0.6) is 0 Å².